The van der Waals surface area contributed by atoms with Crippen LogP contribution < -0.4 is 10.5 Å². The third-order valence-corrected chi connectivity index (χ3v) is 3.85. The molecule has 0 fully saturated rings. The summed E-state index contributed by atoms with van der Waals surface area (Å²) in [4.78, 5) is 2.04. The zero-order chi connectivity index (χ0) is 16.4. The molecule has 1 aliphatic heterocycles. The van der Waals surface area contributed by atoms with Gasteiger partial charge in [0.15, 0.2) is 0 Å². The van der Waals surface area contributed by atoms with Crippen LogP contribution in [-0.4, -0.2) is 25.5 Å². The van der Waals surface area contributed by atoms with Crippen LogP contribution in [-0.2, 0) is 0 Å². The summed E-state index contributed by atoms with van der Waals surface area (Å²) in [6.07, 6.45) is 1.99. The van der Waals surface area contributed by atoms with Crippen molar-refractivity contribution in [2.75, 3.05) is 20.6 Å². The molecule has 0 aromatic heterocycles. The zero-order valence-electron chi connectivity index (χ0n) is 13.2. The second kappa shape index (κ2) is 6.49. The van der Waals surface area contributed by atoms with Gasteiger partial charge < -0.3 is 15.4 Å². The van der Waals surface area contributed by atoms with Crippen molar-refractivity contribution in [3.8, 4) is 5.75 Å². The van der Waals surface area contributed by atoms with E-state index in [0.717, 1.165) is 33.9 Å². The average Bonchev–Trinajstić information content (AvgIpc) is 2.54. The van der Waals surface area contributed by atoms with E-state index in [2.05, 4.69) is 0 Å². The minimum atomic E-state index is 0.666. The van der Waals surface area contributed by atoms with Crippen LogP contribution in [0.2, 0.25) is 5.02 Å². The number of benzene rings is 2. The lowest BCUT2D eigenvalue weighted by Crippen LogP contribution is -2.21. The lowest BCUT2D eigenvalue weighted by Gasteiger charge is -2.23. The molecule has 4 heteroatoms. The number of nitrogens with two attached hydrogens (primary N) is 1. The number of allylic oxidation sites excluding steroid dienone is 2. The second-order valence-electron chi connectivity index (χ2n) is 5.79. The number of likely N-dealkylation sites (N-methyl/N-ethyl adjacent to an activating group) is 1. The Morgan fingerprint density at radius 3 is 2.57 bits per heavy atom. The molecule has 2 aromatic carbocycles. The van der Waals surface area contributed by atoms with Gasteiger partial charge in [-0.15, -0.1) is 0 Å². The number of fused-ring (bicyclic) bond motifs is 1. The molecule has 0 spiro atoms. The van der Waals surface area contributed by atoms with Crippen molar-refractivity contribution in [2.45, 2.75) is 0 Å². The fourth-order valence-corrected chi connectivity index (χ4v) is 2.77. The Hall–Kier alpha value is -2.23. The van der Waals surface area contributed by atoms with Gasteiger partial charge in [0.05, 0.1) is 0 Å². The molecule has 1 aliphatic rings. The third-order valence-electron chi connectivity index (χ3n) is 3.62. The molecule has 1 heterocycles. The lowest BCUT2D eigenvalue weighted by atomic mass is 9.97. The van der Waals surface area contributed by atoms with E-state index in [0.29, 0.717) is 11.6 Å². The van der Waals surface area contributed by atoms with Crippen LogP contribution in [0.1, 0.15) is 11.1 Å². The van der Waals surface area contributed by atoms with Crippen molar-refractivity contribution in [1.82, 2.24) is 4.90 Å². The van der Waals surface area contributed by atoms with Gasteiger partial charge in [0.25, 0.3) is 0 Å². The van der Waals surface area contributed by atoms with Crippen molar-refractivity contribution in [2.24, 2.45) is 5.73 Å². The van der Waals surface area contributed by atoms with Gasteiger partial charge in [0.2, 0.25) is 0 Å². The monoisotopic (exact) mass is 326 g/mol. The quantitative estimate of drug-likeness (QED) is 0.926. The molecule has 3 rings (SSSR count). The van der Waals surface area contributed by atoms with Crippen LogP contribution in [0.4, 0.5) is 0 Å². The summed E-state index contributed by atoms with van der Waals surface area (Å²) in [5, 5.41) is 0.666. The van der Waals surface area contributed by atoms with Crippen LogP contribution in [0, 0.1) is 0 Å². The number of ether oxygens (including phenoxy) is 1. The van der Waals surface area contributed by atoms with Crippen molar-refractivity contribution < 1.29 is 4.74 Å². The van der Waals surface area contributed by atoms with E-state index in [1.54, 1.807) is 0 Å². The second-order valence-corrected chi connectivity index (χ2v) is 6.23. The van der Waals surface area contributed by atoms with Crippen LogP contribution in [0.25, 0.3) is 11.3 Å². The first-order valence-electron chi connectivity index (χ1n) is 7.43. The number of hydrogen-bond donors (Lipinski definition) is 1. The first kappa shape index (κ1) is 15.7. The fraction of sp³-hybridized carbons (Fsp3) is 0.158. The van der Waals surface area contributed by atoms with E-state index < -0.39 is 0 Å². The normalized spacial score (nSPS) is 15.7. The van der Waals surface area contributed by atoms with E-state index in [4.69, 9.17) is 22.1 Å². The van der Waals surface area contributed by atoms with E-state index in [-0.39, 0.29) is 0 Å². The number of nitrogens with zero attached hydrogens (tertiary/aromatic N) is 1. The summed E-state index contributed by atoms with van der Waals surface area (Å²) in [5.74, 6) is 1.56. The number of rotatable bonds is 3. The van der Waals surface area contributed by atoms with Gasteiger partial charge in [-0.1, -0.05) is 41.9 Å². The van der Waals surface area contributed by atoms with Gasteiger partial charge in [0, 0.05) is 34.0 Å². The molecule has 2 aromatic rings. The molecule has 118 valence electrons. The third kappa shape index (κ3) is 3.41. The van der Waals surface area contributed by atoms with Gasteiger partial charge in [-0.05, 0) is 38.4 Å². The highest BCUT2D eigenvalue weighted by atomic mass is 35.5. The SMILES string of the molecule is CN(C)CC(N)=C1C=C(c2ccccc2)Oc2ccc(Cl)cc21. The first-order valence-corrected chi connectivity index (χ1v) is 7.80. The van der Waals surface area contributed by atoms with E-state index in [1.165, 1.54) is 0 Å². The minimum Gasteiger partial charge on any atom is -0.456 e. The standard InChI is InChI=1S/C19H19ClN2O/c1-22(2)12-17(21)15-11-19(13-6-4-3-5-7-13)23-18-9-8-14(20)10-16(15)18/h3-11H,12,21H2,1-2H3. The Morgan fingerprint density at radius 2 is 1.87 bits per heavy atom. The van der Waals surface area contributed by atoms with E-state index in [9.17, 15) is 0 Å². The molecule has 2 N–H and O–H groups in total. The van der Waals surface area contributed by atoms with Crippen LogP contribution in [0.5, 0.6) is 5.75 Å². The molecule has 0 saturated heterocycles. The smallest absolute Gasteiger partial charge is 0.135 e. The minimum absolute atomic E-state index is 0.666. The van der Waals surface area contributed by atoms with Gasteiger partial charge in [-0.25, -0.2) is 0 Å². The van der Waals surface area contributed by atoms with E-state index in [1.807, 2.05) is 73.6 Å². The molecule has 0 radical (unpaired) electrons. The Morgan fingerprint density at radius 1 is 1.13 bits per heavy atom. The molecule has 0 atom stereocenters. The Balaban J connectivity index is 2.14. The summed E-state index contributed by atoms with van der Waals surface area (Å²) in [5.41, 5.74) is 10.0. The lowest BCUT2D eigenvalue weighted by molar-refractivity contribution is 0.443. The first-order chi connectivity index (χ1) is 11.0. The van der Waals surface area contributed by atoms with Crippen LogP contribution in [0.3, 0.4) is 0 Å². The molecule has 0 bridgehead atoms. The Bertz CT molecular complexity index is 779. The van der Waals surface area contributed by atoms with E-state index >= 15 is 0 Å². The summed E-state index contributed by atoms with van der Waals surface area (Å²) in [6, 6.07) is 15.6. The summed E-state index contributed by atoms with van der Waals surface area (Å²) in [7, 11) is 3.99. The fourth-order valence-electron chi connectivity index (χ4n) is 2.59. The molecule has 0 unspecified atom stereocenters. The van der Waals surface area contributed by atoms with Crippen molar-refractivity contribution >= 4 is 22.9 Å². The predicted octanol–water partition coefficient (Wildman–Crippen LogP) is 4.00. The highest BCUT2D eigenvalue weighted by Crippen LogP contribution is 2.39. The maximum Gasteiger partial charge on any atom is 0.135 e. The molecule has 3 nitrogen and oxygen atoms in total. The predicted molar refractivity (Wildman–Crippen MR) is 96.2 cm³/mol. The van der Waals surface area contributed by atoms with Crippen LogP contribution in [0.15, 0.2) is 60.3 Å². The molecule has 23 heavy (non-hydrogen) atoms. The number of hydrogen-bond acceptors (Lipinski definition) is 3. The van der Waals surface area contributed by atoms with Gasteiger partial charge in [0.1, 0.15) is 11.5 Å². The van der Waals surface area contributed by atoms with Crippen molar-refractivity contribution in [1.29, 1.82) is 0 Å². The molecular weight excluding hydrogens is 308 g/mol. The maximum absolute atomic E-state index is 6.35. The Kier molecular flexibility index (Phi) is 4.42. The molecule has 0 amide bonds. The van der Waals surface area contributed by atoms with Gasteiger partial charge in [-0.2, -0.15) is 0 Å². The van der Waals surface area contributed by atoms with Gasteiger partial charge >= 0.3 is 0 Å². The average molecular weight is 327 g/mol. The highest BCUT2D eigenvalue weighted by molar-refractivity contribution is 6.30. The zero-order valence-corrected chi connectivity index (χ0v) is 14.0. The molecule has 0 aliphatic carbocycles. The summed E-state index contributed by atoms with van der Waals surface area (Å²) in [6.45, 7) is 0.667. The molecule has 0 saturated carbocycles. The summed E-state index contributed by atoms with van der Waals surface area (Å²) < 4.78 is 6.06. The number of halogens is 1. The Labute approximate surface area is 141 Å². The van der Waals surface area contributed by atoms with Crippen LogP contribution >= 0.6 is 11.6 Å². The van der Waals surface area contributed by atoms with Crippen molar-refractivity contribution in [3.05, 3.63) is 76.5 Å². The van der Waals surface area contributed by atoms with Gasteiger partial charge in [-0.3, -0.25) is 0 Å². The largest absolute Gasteiger partial charge is 0.456 e. The maximum atomic E-state index is 6.35. The van der Waals surface area contributed by atoms with Crippen molar-refractivity contribution in [3.63, 3.8) is 0 Å². The highest BCUT2D eigenvalue weighted by Gasteiger charge is 2.20. The topological polar surface area (TPSA) is 38.5 Å². The summed E-state index contributed by atoms with van der Waals surface area (Å²) >= 11 is 6.16. The molecular formula is C19H19ClN2O.